The Morgan fingerprint density at radius 1 is 1.09 bits per heavy atom. The third kappa shape index (κ3) is 4.22. The molecule has 2 heterocycles. The summed E-state index contributed by atoms with van der Waals surface area (Å²) in [6, 6.07) is 3.06. The second-order valence-electron chi connectivity index (χ2n) is 5.90. The molecule has 0 bridgehead atoms. The Bertz CT molecular complexity index is 578. The number of carbonyl (C=O) groups is 3. The van der Waals surface area contributed by atoms with Gasteiger partial charge in [-0.3, -0.25) is 15.0 Å². The number of likely N-dealkylation sites (tertiary alicyclic amines) is 1. The van der Waals surface area contributed by atoms with Crippen LogP contribution in [-0.4, -0.2) is 41.9 Å². The summed E-state index contributed by atoms with van der Waals surface area (Å²) in [5.41, 5.74) is 4.73. The highest BCUT2D eigenvalue weighted by Gasteiger charge is 2.35. The average molecular weight is 336 g/mol. The number of thiophene rings is 1. The number of hydrogen-bond donors (Lipinski definition) is 3. The van der Waals surface area contributed by atoms with Gasteiger partial charge in [0, 0.05) is 25.0 Å². The second kappa shape index (κ2) is 6.99. The van der Waals surface area contributed by atoms with E-state index in [1.54, 1.807) is 17.5 Å². The predicted molar refractivity (Wildman–Crippen MR) is 85.8 cm³/mol. The fourth-order valence-electron chi connectivity index (χ4n) is 2.64. The molecule has 1 saturated heterocycles. The van der Waals surface area contributed by atoms with E-state index < -0.39 is 6.03 Å². The molecule has 1 aliphatic heterocycles. The van der Waals surface area contributed by atoms with E-state index in [2.05, 4.69) is 16.2 Å². The fourth-order valence-corrected chi connectivity index (χ4v) is 3.26. The number of piperidine rings is 1. The first-order valence-electron chi connectivity index (χ1n) is 7.82. The first-order chi connectivity index (χ1) is 11.1. The van der Waals surface area contributed by atoms with Gasteiger partial charge >= 0.3 is 6.03 Å². The Labute approximate surface area is 138 Å². The molecule has 0 atom stereocenters. The van der Waals surface area contributed by atoms with E-state index in [1.165, 1.54) is 11.3 Å². The summed E-state index contributed by atoms with van der Waals surface area (Å²) < 4.78 is 0. The van der Waals surface area contributed by atoms with Crippen LogP contribution in [0.1, 0.15) is 35.4 Å². The molecule has 23 heavy (non-hydrogen) atoms. The standard InChI is InChI=1S/C15H20N4O3S/c20-13(12-2-1-9-23-12)17-18-15(22)16-11-5-7-19(8-6-11)14(21)10-3-4-10/h1-2,9-11H,3-8H2,(H,17,20)(H2,16,18,22). The molecular formula is C15H20N4O3S. The highest BCUT2D eigenvalue weighted by Crippen LogP contribution is 2.31. The number of nitrogens with zero attached hydrogens (tertiary/aromatic N) is 1. The molecule has 0 radical (unpaired) electrons. The molecule has 1 aromatic rings. The lowest BCUT2D eigenvalue weighted by atomic mass is 10.0. The van der Waals surface area contributed by atoms with Crippen LogP contribution in [0.25, 0.3) is 0 Å². The van der Waals surface area contributed by atoms with Crippen LogP contribution in [0.4, 0.5) is 4.79 Å². The van der Waals surface area contributed by atoms with Crippen molar-refractivity contribution in [3.05, 3.63) is 22.4 Å². The van der Waals surface area contributed by atoms with Crippen LogP contribution >= 0.6 is 11.3 Å². The summed E-state index contributed by atoms with van der Waals surface area (Å²) >= 11 is 1.31. The first kappa shape index (κ1) is 15.8. The largest absolute Gasteiger partial charge is 0.342 e. The summed E-state index contributed by atoms with van der Waals surface area (Å²) in [6.45, 7) is 1.36. The number of urea groups is 1. The Hall–Kier alpha value is -2.09. The minimum Gasteiger partial charge on any atom is -0.342 e. The summed E-state index contributed by atoms with van der Waals surface area (Å²) in [4.78, 5) is 37.9. The quantitative estimate of drug-likeness (QED) is 0.722. The molecule has 7 nitrogen and oxygen atoms in total. The van der Waals surface area contributed by atoms with E-state index in [9.17, 15) is 14.4 Å². The van der Waals surface area contributed by atoms with Crippen molar-refractivity contribution >= 4 is 29.2 Å². The van der Waals surface area contributed by atoms with Gasteiger partial charge in [-0.25, -0.2) is 10.2 Å². The van der Waals surface area contributed by atoms with Crippen molar-refractivity contribution in [1.82, 2.24) is 21.1 Å². The maximum Gasteiger partial charge on any atom is 0.333 e. The lowest BCUT2D eigenvalue weighted by Gasteiger charge is -2.32. The maximum atomic E-state index is 12.0. The summed E-state index contributed by atoms with van der Waals surface area (Å²) in [5.74, 6) is 0.173. The SMILES string of the molecule is O=C(NNC(=O)c1cccs1)NC1CCN(C(=O)C2CC2)CC1. The number of rotatable bonds is 3. The highest BCUT2D eigenvalue weighted by atomic mass is 32.1. The molecule has 0 unspecified atom stereocenters. The zero-order valence-corrected chi connectivity index (χ0v) is 13.5. The number of hydrogen-bond acceptors (Lipinski definition) is 4. The van der Waals surface area contributed by atoms with Gasteiger partial charge in [-0.15, -0.1) is 11.3 Å². The fraction of sp³-hybridized carbons (Fsp3) is 0.533. The van der Waals surface area contributed by atoms with Crippen LogP contribution in [0.15, 0.2) is 17.5 Å². The van der Waals surface area contributed by atoms with Crippen molar-refractivity contribution in [3.8, 4) is 0 Å². The molecule has 1 aliphatic carbocycles. The number of nitrogens with one attached hydrogen (secondary N) is 3. The molecule has 0 aromatic carbocycles. The molecule has 3 rings (SSSR count). The van der Waals surface area contributed by atoms with Crippen LogP contribution in [0.2, 0.25) is 0 Å². The Morgan fingerprint density at radius 2 is 1.83 bits per heavy atom. The number of carbonyl (C=O) groups excluding carboxylic acids is 3. The number of hydrazine groups is 1. The third-order valence-corrected chi connectivity index (χ3v) is 4.97. The lowest BCUT2D eigenvalue weighted by Crippen LogP contribution is -2.52. The average Bonchev–Trinajstić information content (AvgIpc) is 3.27. The minimum atomic E-state index is -0.429. The van der Waals surface area contributed by atoms with E-state index in [-0.39, 0.29) is 23.8 Å². The molecule has 1 saturated carbocycles. The van der Waals surface area contributed by atoms with Crippen LogP contribution in [-0.2, 0) is 4.79 Å². The highest BCUT2D eigenvalue weighted by molar-refractivity contribution is 7.12. The summed E-state index contributed by atoms with van der Waals surface area (Å²) in [7, 11) is 0. The Kier molecular flexibility index (Phi) is 4.80. The van der Waals surface area contributed by atoms with Gasteiger partial charge in [0.2, 0.25) is 5.91 Å². The normalized spacial score (nSPS) is 18.3. The van der Waals surface area contributed by atoms with E-state index in [4.69, 9.17) is 0 Å². The van der Waals surface area contributed by atoms with Gasteiger partial charge in [0.15, 0.2) is 0 Å². The zero-order chi connectivity index (χ0) is 16.2. The summed E-state index contributed by atoms with van der Waals surface area (Å²) in [6.07, 6.45) is 3.52. The first-order valence-corrected chi connectivity index (χ1v) is 8.70. The van der Waals surface area contributed by atoms with E-state index in [0.717, 1.165) is 25.7 Å². The zero-order valence-electron chi connectivity index (χ0n) is 12.7. The molecule has 2 fully saturated rings. The van der Waals surface area contributed by atoms with Gasteiger partial charge in [-0.2, -0.15) is 0 Å². The summed E-state index contributed by atoms with van der Waals surface area (Å²) in [5, 5.41) is 4.62. The van der Waals surface area contributed by atoms with Gasteiger partial charge < -0.3 is 10.2 Å². The maximum absolute atomic E-state index is 12.0. The van der Waals surface area contributed by atoms with Crippen molar-refractivity contribution < 1.29 is 14.4 Å². The van der Waals surface area contributed by atoms with Gasteiger partial charge in [0.05, 0.1) is 4.88 Å². The van der Waals surface area contributed by atoms with Crippen LogP contribution in [0.5, 0.6) is 0 Å². The minimum absolute atomic E-state index is 0.0249. The smallest absolute Gasteiger partial charge is 0.333 e. The van der Waals surface area contributed by atoms with Crippen molar-refractivity contribution in [1.29, 1.82) is 0 Å². The van der Waals surface area contributed by atoms with Crippen molar-refractivity contribution in [2.45, 2.75) is 31.7 Å². The van der Waals surface area contributed by atoms with Crippen LogP contribution < -0.4 is 16.2 Å². The molecule has 8 heteroatoms. The van der Waals surface area contributed by atoms with Crippen LogP contribution in [0.3, 0.4) is 0 Å². The molecular weight excluding hydrogens is 316 g/mol. The van der Waals surface area contributed by atoms with E-state index in [0.29, 0.717) is 18.0 Å². The Balaban J connectivity index is 1.36. The van der Waals surface area contributed by atoms with Crippen molar-refractivity contribution in [2.75, 3.05) is 13.1 Å². The predicted octanol–water partition coefficient (Wildman–Crippen LogP) is 1.09. The molecule has 4 amide bonds. The number of amides is 4. The van der Waals surface area contributed by atoms with Crippen LogP contribution in [0, 0.1) is 5.92 Å². The second-order valence-corrected chi connectivity index (χ2v) is 6.85. The molecule has 0 spiro atoms. The molecule has 3 N–H and O–H groups in total. The lowest BCUT2D eigenvalue weighted by molar-refractivity contribution is -0.133. The van der Waals surface area contributed by atoms with Crippen molar-refractivity contribution in [3.63, 3.8) is 0 Å². The molecule has 2 aliphatic rings. The van der Waals surface area contributed by atoms with Gasteiger partial charge in [0.25, 0.3) is 5.91 Å². The van der Waals surface area contributed by atoms with Gasteiger partial charge in [-0.05, 0) is 37.1 Å². The molecule has 124 valence electrons. The van der Waals surface area contributed by atoms with E-state index >= 15 is 0 Å². The van der Waals surface area contributed by atoms with E-state index in [1.807, 2.05) is 4.90 Å². The monoisotopic (exact) mass is 336 g/mol. The third-order valence-electron chi connectivity index (χ3n) is 4.10. The van der Waals surface area contributed by atoms with Gasteiger partial charge in [-0.1, -0.05) is 6.07 Å². The molecule has 1 aromatic heterocycles. The topological polar surface area (TPSA) is 90.5 Å². The van der Waals surface area contributed by atoms with Crippen molar-refractivity contribution in [2.24, 2.45) is 5.92 Å². The van der Waals surface area contributed by atoms with Gasteiger partial charge in [0.1, 0.15) is 0 Å². The Morgan fingerprint density at radius 3 is 2.43 bits per heavy atom.